The molecule has 1 atom stereocenters. The molecule has 0 amide bonds. The zero-order valence-corrected chi connectivity index (χ0v) is 13.1. The number of piperazine rings is 1. The number of methoxy groups -OCH3 is 1. The second-order valence-corrected chi connectivity index (χ2v) is 5.56. The summed E-state index contributed by atoms with van der Waals surface area (Å²) in [7, 11) is 1.72. The van der Waals surface area contributed by atoms with Crippen molar-refractivity contribution in [1.29, 1.82) is 5.26 Å². The van der Waals surface area contributed by atoms with Gasteiger partial charge in [-0.2, -0.15) is 5.26 Å². The highest BCUT2D eigenvalue weighted by molar-refractivity contribution is 5.33. The molecular formula is C17H25N3O. The number of rotatable bonds is 6. The molecule has 1 fully saturated rings. The molecule has 0 aromatic heterocycles. The van der Waals surface area contributed by atoms with Crippen LogP contribution in [0.25, 0.3) is 0 Å². The van der Waals surface area contributed by atoms with Gasteiger partial charge in [-0.15, -0.1) is 0 Å². The third-order valence-corrected chi connectivity index (χ3v) is 4.15. The molecule has 21 heavy (non-hydrogen) atoms. The zero-order valence-electron chi connectivity index (χ0n) is 13.1. The molecule has 0 aliphatic carbocycles. The van der Waals surface area contributed by atoms with Gasteiger partial charge in [0.05, 0.1) is 19.2 Å². The molecule has 4 nitrogen and oxygen atoms in total. The Morgan fingerprint density at radius 3 is 2.57 bits per heavy atom. The summed E-state index contributed by atoms with van der Waals surface area (Å²) in [4.78, 5) is 4.76. The van der Waals surface area contributed by atoms with Gasteiger partial charge in [-0.1, -0.05) is 31.5 Å². The quantitative estimate of drug-likeness (QED) is 0.806. The van der Waals surface area contributed by atoms with E-state index in [0.717, 1.165) is 51.3 Å². The molecule has 1 aliphatic rings. The van der Waals surface area contributed by atoms with E-state index >= 15 is 0 Å². The predicted octanol–water partition coefficient (Wildman–Crippen LogP) is 2.51. The molecule has 4 heteroatoms. The van der Waals surface area contributed by atoms with Gasteiger partial charge in [-0.25, -0.2) is 0 Å². The van der Waals surface area contributed by atoms with Crippen LogP contribution in [0.15, 0.2) is 24.3 Å². The fourth-order valence-electron chi connectivity index (χ4n) is 2.91. The van der Waals surface area contributed by atoms with Gasteiger partial charge in [0.25, 0.3) is 0 Å². The number of ether oxygens (including phenoxy) is 1. The van der Waals surface area contributed by atoms with E-state index in [0.29, 0.717) is 0 Å². The van der Waals surface area contributed by atoms with Crippen molar-refractivity contribution in [2.45, 2.75) is 32.4 Å². The fourth-order valence-corrected chi connectivity index (χ4v) is 2.91. The first kappa shape index (κ1) is 15.8. The number of nitriles is 1. The first-order valence-electron chi connectivity index (χ1n) is 7.76. The molecule has 0 radical (unpaired) electrons. The van der Waals surface area contributed by atoms with E-state index in [2.05, 4.69) is 34.9 Å². The van der Waals surface area contributed by atoms with Crippen LogP contribution >= 0.6 is 0 Å². The summed E-state index contributed by atoms with van der Waals surface area (Å²) in [5, 5.41) is 9.26. The topological polar surface area (TPSA) is 39.5 Å². The van der Waals surface area contributed by atoms with Crippen LogP contribution in [-0.2, 0) is 6.54 Å². The Balaban J connectivity index is 1.88. The minimum absolute atomic E-state index is 0.0865. The second-order valence-electron chi connectivity index (χ2n) is 5.56. The SMILES string of the molecule is CCCC(C#N)N1CCN(Cc2ccccc2OC)CC1. The van der Waals surface area contributed by atoms with Gasteiger partial charge in [0.1, 0.15) is 5.75 Å². The van der Waals surface area contributed by atoms with E-state index in [9.17, 15) is 5.26 Å². The van der Waals surface area contributed by atoms with Gasteiger partial charge >= 0.3 is 0 Å². The Bertz CT molecular complexity index is 475. The van der Waals surface area contributed by atoms with Crippen molar-refractivity contribution in [3.05, 3.63) is 29.8 Å². The number of hydrogen-bond acceptors (Lipinski definition) is 4. The van der Waals surface area contributed by atoms with Crippen LogP contribution in [0.1, 0.15) is 25.3 Å². The molecule has 1 aromatic carbocycles. The highest BCUT2D eigenvalue weighted by Crippen LogP contribution is 2.20. The summed E-state index contributed by atoms with van der Waals surface area (Å²) in [6.07, 6.45) is 2.04. The molecule has 0 bridgehead atoms. The largest absolute Gasteiger partial charge is 0.496 e. The first-order chi connectivity index (χ1) is 10.3. The van der Waals surface area contributed by atoms with Crippen LogP contribution in [0, 0.1) is 11.3 Å². The molecule has 1 saturated heterocycles. The summed E-state index contributed by atoms with van der Waals surface area (Å²) in [6, 6.07) is 10.7. The molecule has 2 rings (SSSR count). The third kappa shape index (κ3) is 4.20. The van der Waals surface area contributed by atoms with Gasteiger partial charge in [-0.05, 0) is 12.5 Å². The normalized spacial score (nSPS) is 18.1. The van der Waals surface area contributed by atoms with Crippen molar-refractivity contribution in [2.24, 2.45) is 0 Å². The van der Waals surface area contributed by atoms with Crippen molar-refractivity contribution < 1.29 is 4.74 Å². The lowest BCUT2D eigenvalue weighted by molar-refractivity contribution is 0.105. The Kier molecular flexibility index (Phi) is 6.04. The molecule has 1 aromatic rings. The summed E-state index contributed by atoms with van der Waals surface area (Å²) >= 11 is 0. The summed E-state index contributed by atoms with van der Waals surface area (Å²) < 4.78 is 5.42. The minimum atomic E-state index is 0.0865. The molecular weight excluding hydrogens is 262 g/mol. The lowest BCUT2D eigenvalue weighted by atomic mass is 10.1. The maximum atomic E-state index is 9.26. The van der Waals surface area contributed by atoms with Gasteiger partial charge in [0.2, 0.25) is 0 Å². The third-order valence-electron chi connectivity index (χ3n) is 4.15. The van der Waals surface area contributed by atoms with Crippen molar-refractivity contribution >= 4 is 0 Å². The fraction of sp³-hybridized carbons (Fsp3) is 0.588. The average Bonchev–Trinajstić information content (AvgIpc) is 2.54. The van der Waals surface area contributed by atoms with Crippen molar-refractivity contribution in [2.75, 3.05) is 33.3 Å². The van der Waals surface area contributed by atoms with E-state index in [4.69, 9.17) is 4.74 Å². The lowest BCUT2D eigenvalue weighted by Crippen LogP contribution is -2.49. The highest BCUT2D eigenvalue weighted by atomic mass is 16.5. The molecule has 114 valence electrons. The van der Waals surface area contributed by atoms with E-state index in [1.807, 2.05) is 12.1 Å². The van der Waals surface area contributed by atoms with Crippen molar-refractivity contribution in [3.8, 4) is 11.8 Å². The second kappa shape index (κ2) is 8.02. The van der Waals surface area contributed by atoms with Gasteiger partial charge in [0, 0.05) is 38.3 Å². The monoisotopic (exact) mass is 287 g/mol. The Hall–Kier alpha value is -1.57. The summed E-state index contributed by atoms with van der Waals surface area (Å²) in [6.45, 7) is 7.05. The van der Waals surface area contributed by atoms with Crippen LogP contribution < -0.4 is 4.74 Å². The van der Waals surface area contributed by atoms with Gasteiger partial charge in [0.15, 0.2) is 0 Å². The molecule has 0 spiro atoms. The Morgan fingerprint density at radius 1 is 1.24 bits per heavy atom. The summed E-state index contributed by atoms with van der Waals surface area (Å²) in [5.41, 5.74) is 1.24. The summed E-state index contributed by atoms with van der Waals surface area (Å²) in [5.74, 6) is 0.959. The van der Waals surface area contributed by atoms with E-state index in [-0.39, 0.29) is 6.04 Å². The molecule has 1 heterocycles. The molecule has 0 saturated carbocycles. The van der Waals surface area contributed by atoms with Crippen molar-refractivity contribution in [1.82, 2.24) is 9.80 Å². The number of hydrogen-bond donors (Lipinski definition) is 0. The molecule has 1 unspecified atom stereocenters. The smallest absolute Gasteiger partial charge is 0.123 e. The predicted molar refractivity (Wildman–Crippen MR) is 84.2 cm³/mol. The van der Waals surface area contributed by atoms with Crippen LogP contribution in [-0.4, -0.2) is 49.1 Å². The van der Waals surface area contributed by atoms with Gasteiger partial charge < -0.3 is 4.74 Å². The van der Waals surface area contributed by atoms with Crippen molar-refractivity contribution in [3.63, 3.8) is 0 Å². The van der Waals surface area contributed by atoms with Gasteiger partial charge in [-0.3, -0.25) is 9.80 Å². The average molecular weight is 287 g/mol. The Morgan fingerprint density at radius 2 is 1.95 bits per heavy atom. The number of nitrogens with zero attached hydrogens (tertiary/aromatic N) is 3. The molecule has 0 N–H and O–H groups in total. The number of benzene rings is 1. The highest BCUT2D eigenvalue weighted by Gasteiger charge is 2.23. The van der Waals surface area contributed by atoms with Crippen LogP contribution in [0.4, 0.5) is 0 Å². The van der Waals surface area contributed by atoms with E-state index < -0.39 is 0 Å². The first-order valence-corrected chi connectivity index (χ1v) is 7.76. The number of para-hydroxylation sites is 1. The lowest BCUT2D eigenvalue weighted by Gasteiger charge is -2.37. The maximum Gasteiger partial charge on any atom is 0.123 e. The minimum Gasteiger partial charge on any atom is -0.496 e. The molecule has 1 aliphatic heterocycles. The zero-order chi connectivity index (χ0) is 15.1. The van der Waals surface area contributed by atoms with E-state index in [1.54, 1.807) is 7.11 Å². The standard InChI is InChI=1S/C17H25N3O/c1-3-6-16(13-18)20-11-9-19(10-12-20)14-15-7-4-5-8-17(15)21-2/h4-5,7-8,16H,3,6,9-12,14H2,1-2H3. The maximum absolute atomic E-state index is 9.26. The Labute approximate surface area is 127 Å². The van der Waals surface area contributed by atoms with E-state index in [1.165, 1.54) is 5.56 Å². The van der Waals surface area contributed by atoms with Crippen LogP contribution in [0.3, 0.4) is 0 Å². The van der Waals surface area contributed by atoms with Crippen LogP contribution in [0.2, 0.25) is 0 Å². The van der Waals surface area contributed by atoms with Crippen LogP contribution in [0.5, 0.6) is 5.75 Å².